The Hall–Kier alpha value is -0.780. The number of hydrogen-bond acceptors (Lipinski definition) is 0. The molecule has 1 aromatic carbocycles. The second-order valence-corrected chi connectivity index (χ2v) is 6.72. The molecule has 3 rings (SSSR count). The molecule has 19 heavy (non-hydrogen) atoms. The molecule has 0 amide bonds. The fourth-order valence-electron chi connectivity index (χ4n) is 4.24. The van der Waals surface area contributed by atoms with Gasteiger partial charge >= 0.3 is 0 Å². The van der Waals surface area contributed by atoms with E-state index < -0.39 is 0 Å². The first kappa shape index (κ1) is 13.2. The monoisotopic (exact) mass is 256 g/mol. The minimum absolute atomic E-state index is 0.877. The minimum atomic E-state index is 0.877. The van der Waals surface area contributed by atoms with Crippen LogP contribution in [0.3, 0.4) is 0 Å². The summed E-state index contributed by atoms with van der Waals surface area (Å²) in [6, 6.07) is 9.12. The van der Waals surface area contributed by atoms with Crippen LogP contribution in [0.15, 0.2) is 24.3 Å². The second kappa shape index (κ2) is 6.59. The molecule has 104 valence electrons. The highest BCUT2D eigenvalue weighted by molar-refractivity contribution is 5.34. The topological polar surface area (TPSA) is 0 Å². The molecule has 0 aromatic heterocycles. The molecule has 0 spiro atoms. The smallest absolute Gasteiger partial charge is 0.0156 e. The van der Waals surface area contributed by atoms with Crippen LogP contribution >= 0.6 is 0 Å². The van der Waals surface area contributed by atoms with E-state index in [1.165, 1.54) is 70.6 Å². The van der Waals surface area contributed by atoms with Gasteiger partial charge in [-0.2, -0.15) is 0 Å². The van der Waals surface area contributed by atoms with Crippen molar-refractivity contribution in [3.05, 3.63) is 35.4 Å². The van der Waals surface area contributed by atoms with E-state index in [9.17, 15) is 0 Å². The summed E-state index contributed by atoms with van der Waals surface area (Å²) in [5.41, 5.74) is 3.29. The summed E-state index contributed by atoms with van der Waals surface area (Å²) in [4.78, 5) is 0. The molecule has 1 atom stereocenters. The normalized spacial score (nSPS) is 23.5. The van der Waals surface area contributed by atoms with Crippen molar-refractivity contribution in [2.75, 3.05) is 0 Å². The van der Waals surface area contributed by atoms with Crippen LogP contribution in [0.5, 0.6) is 0 Å². The van der Waals surface area contributed by atoms with Gasteiger partial charge in [0, 0.05) is 0 Å². The fourth-order valence-corrected chi connectivity index (χ4v) is 4.24. The van der Waals surface area contributed by atoms with Crippen molar-refractivity contribution in [1.82, 2.24) is 0 Å². The Morgan fingerprint density at radius 2 is 1.63 bits per heavy atom. The van der Waals surface area contributed by atoms with Gasteiger partial charge in [0.05, 0.1) is 0 Å². The van der Waals surface area contributed by atoms with Crippen molar-refractivity contribution in [1.29, 1.82) is 0 Å². The van der Waals surface area contributed by atoms with Gasteiger partial charge < -0.3 is 0 Å². The molecule has 0 nitrogen and oxygen atoms in total. The molecule has 0 heteroatoms. The highest BCUT2D eigenvalue weighted by Gasteiger charge is 2.21. The van der Waals surface area contributed by atoms with E-state index in [1.807, 2.05) is 0 Å². The molecule has 0 N–H and O–H groups in total. The number of aryl methyl sites for hydroxylation is 1. The van der Waals surface area contributed by atoms with Crippen molar-refractivity contribution in [2.45, 2.75) is 76.5 Å². The van der Waals surface area contributed by atoms with E-state index in [2.05, 4.69) is 24.3 Å². The Labute approximate surface area is 118 Å². The molecular formula is C19H28. The van der Waals surface area contributed by atoms with Crippen molar-refractivity contribution in [3.63, 3.8) is 0 Å². The van der Waals surface area contributed by atoms with Gasteiger partial charge in [0.1, 0.15) is 0 Å². The fraction of sp³-hybridized carbons (Fsp3) is 0.684. The van der Waals surface area contributed by atoms with Crippen LogP contribution in [0.2, 0.25) is 0 Å². The van der Waals surface area contributed by atoms with Crippen LogP contribution < -0.4 is 0 Å². The zero-order valence-corrected chi connectivity index (χ0v) is 12.2. The molecule has 0 aliphatic heterocycles. The largest absolute Gasteiger partial charge is 0.0620 e. The van der Waals surface area contributed by atoms with Gasteiger partial charge in [0.15, 0.2) is 0 Å². The molecule has 1 unspecified atom stereocenters. The van der Waals surface area contributed by atoms with Gasteiger partial charge in [-0.3, -0.25) is 0 Å². The average Bonchev–Trinajstić information content (AvgIpc) is 2.88. The van der Waals surface area contributed by atoms with Gasteiger partial charge in [0.2, 0.25) is 0 Å². The SMILES string of the molecule is c1ccc2c(c1)CCC2CCCCC1CCCCC1. The average molecular weight is 256 g/mol. The van der Waals surface area contributed by atoms with E-state index >= 15 is 0 Å². The van der Waals surface area contributed by atoms with Crippen LogP contribution in [0, 0.1) is 5.92 Å². The Balaban J connectivity index is 1.39. The Morgan fingerprint density at radius 1 is 0.842 bits per heavy atom. The summed E-state index contributed by atoms with van der Waals surface area (Å²) in [6.45, 7) is 0. The summed E-state index contributed by atoms with van der Waals surface area (Å²) >= 11 is 0. The minimum Gasteiger partial charge on any atom is -0.0620 e. The molecule has 2 aliphatic carbocycles. The van der Waals surface area contributed by atoms with Gasteiger partial charge in [-0.25, -0.2) is 0 Å². The zero-order chi connectivity index (χ0) is 12.9. The lowest BCUT2D eigenvalue weighted by molar-refractivity contribution is 0.327. The lowest BCUT2D eigenvalue weighted by Gasteiger charge is -2.21. The molecule has 0 heterocycles. The molecule has 1 saturated carbocycles. The number of benzene rings is 1. The van der Waals surface area contributed by atoms with Gasteiger partial charge in [-0.05, 0) is 42.2 Å². The molecule has 0 bridgehead atoms. The third-order valence-electron chi connectivity index (χ3n) is 5.40. The zero-order valence-electron chi connectivity index (χ0n) is 12.2. The molecule has 1 aromatic rings. The number of rotatable bonds is 5. The number of unbranched alkanes of at least 4 members (excludes halogenated alkanes) is 1. The molecule has 0 radical (unpaired) electrons. The van der Waals surface area contributed by atoms with Gasteiger partial charge in [-0.1, -0.05) is 75.6 Å². The summed E-state index contributed by atoms with van der Waals surface area (Å²) in [6.07, 6.45) is 16.1. The Bertz CT molecular complexity index is 387. The van der Waals surface area contributed by atoms with Crippen LogP contribution in [-0.2, 0) is 6.42 Å². The first-order valence-corrected chi connectivity index (χ1v) is 8.51. The maximum atomic E-state index is 2.37. The lowest BCUT2D eigenvalue weighted by Crippen LogP contribution is -2.06. The first-order valence-electron chi connectivity index (χ1n) is 8.51. The van der Waals surface area contributed by atoms with E-state index in [0.717, 1.165) is 11.8 Å². The third kappa shape index (κ3) is 3.41. The van der Waals surface area contributed by atoms with Crippen molar-refractivity contribution >= 4 is 0 Å². The number of fused-ring (bicyclic) bond motifs is 1. The van der Waals surface area contributed by atoms with Crippen LogP contribution in [-0.4, -0.2) is 0 Å². The Morgan fingerprint density at radius 3 is 2.53 bits per heavy atom. The molecule has 2 aliphatic rings. The molecule has 1 fully saturated rings. The van der Waals surface area contributed by atoms with Gasteiger partial charge in [-0.15, -0.1) is 0 Å². The Kier molecular flexibility index (Phi) is 4.58. The molecule has 0 saturated heterocycles. The highest BCUT2D eigenvalue weighted by atomic mass is 14.3. The summed E-state index contributed by atoms with van der Waals surface area (Å²) in [7, 11) is 0. The van der Waals surface area contributed by atoms with E-state index in [-0.39, 0.29) is 0 Å². The van der Waals surface area contributed by atoms with Crippen molar-refractivity contribution in [3.8, 4) is 0 Å². The maximum absolute atomic E-state index is 2.37. The van der Waals surface area contributed by atoms with Gasteiger partial charge in [0.25, 0.3) is 0 Å². The quantitative estimate of drug-likeness (QED) is 0.579. The summed E-state index contributed by atoms with van der Waals surface area (Å²) in [5.74, 6) is 1.95. The predicted molar refractivity (Wildman–Crippen MR) is 82.5 cm³/mol. The van der Waals surface area contributed by atoms with Crippen LogP contribution in [0.1, 0.15) is 81.3 Å². The highest BCUT2D eigenvalue weighted by Crippen LogP contribution is 2.37. The first-order chi connectivity index (χ1) is 9.43. The van der Waals surface area contributed by atoms with Crippen LogP contribution in [0.25, 0.3) is 0 Å². The third-order valence-corrected chi connectivity index (χ3v) is 5.40. The number of hydrogen-bond donors (Lipinski definition) is 0. The second-order valence-electron chi connectivity index (χ2n) is 6.72. The standard InChI is InChI=1S/C19H28/c1-2-8-16(9-3-1)10-4-5-11-17-14-15-18-12-6-7-13-19(17)18/h6-7,12-13,16-17H,1-5,8-11,14-15H2. The van der Waals surface area contributed by atoms with Crippen molar-refractivity contribution in [2.24, 2.45) is 5.92 Å². The summed E-state index contributed by atoms with van der Waals surface area (Å²) < 4.78 is 0. The lowest BCUT2D eigenvalue weighted by atomic mass is 9.85. The van der Waals surface area contributed by atoms with E-state index in [1.54, 1.807) is 11.1 Å². The predicted octanol–water partition coefficient (Wildman–Crippen LogP) is 5.86. The molecular weight excluding hydrogens is 228 g/mol. The van der Waals surface area contributed by atoms with E-state index in [4.69, 9.17) is 0 Å². The van der Waals surface area contributed by atoms with Crippen LogP contribution in [0.4, 0.5) is 0 Å². The van der Waals surface area contributed by atoms with E-state index in [0.29, 0.717) is 0 Å². The van der Waals surface area contributed by atoms with Crippen molar-refractivity contribution < 1.29 is 0 Å². The maximum Gasteiger partial charge on any atom is -0.0156 e. The summed E-state index contributed by atoms with van der Waals surface area (Å²) in [5, 5.41) is 0.